The molecule has 2 aromatic rings. The van der Waals surface area contributed by atoms with Gasteiger partial charge < -0.3 is 15.5 Å². The minimum absolute atomic E-state index is 0.00235. The lowest BCUT2D eigenvalue weighted by molar-refractivity contribution is -0.149. The van der Waals surface area contributed by atoms with Gasteiger partial charge in [0.25, 0.3) is 0 Å². The van der Waals surface area contributed by atoms with Crippen molar-refractivity contribution in [3.8, 4) is 0 Å². The fourth-order valence-electron chi connectivity index (χ4n) is 3.72. The Bertz CT molecular complexity index is 817. The molecule has 0 aliphatic heterocycles. The normalized spacial score (nSPS) is 20.9. The van der Waals surface area contributed by atoms with Crippen molar-refractivity contribution in [1.82, 2.24) is 4.98 Å². The number of pyridine rings is 1. The number of hydrogen-bond acceptors (Lipinski definition) is 4. The molecule has 1 saturated carbocycles. The van der Waals surface area contributed by atoms with Crippen LogP contribution in [0.25, 0.3) is 10.9 Å². The number of H-pyrrole nitrogens is 1. The molecule has 1 aliphatic rings. The lowest BCUT2D eigenvalue weighted by Gasteiger charge is -2.28. The van der Waals surface area contributed by atoms with Gasteiger partial charge in [0.05, 0.1) is 23.4 Å². The van der Waals surface area contributed by atoms with Crippen LogP contribution in [0.4, 0.5) is 5.69 Å². The first kappa shape index (κ1) is 16.6. The Morgan fingerprint density at radius 2 is 2.00 bits per heavy atom. The summed E-state index contributed by atoms with van der Waals surface area (Å²) in [4.78, 5) is 27.6. The molecule has 128 valence electrons. The number of fused-ring (bicyclic) bond motifs is 1. The van der Waals surface area contributed by atoms with E-state index in [1.54, 1.807) is 13.1 Å². The van der Waals surface area contributed by atoms with Crippen LogP contribution in [0.2, 0.25) is 0 Å². The third kappa shape index (κ3) is 2.90. The Hall–Kier alpha value is -2.30. The summed E-state index contributed by atoms with van der Waals surface area (Å²) in [6.45, 7) is 4.05. The number of aromatic amines is 1. The van der Waals surface area contributed by atoms with E-state index in [0.29, 0.717) is 29.2 Å². The largest absolute Gasteiger partial charge is 0.466 e. The number of ether oxygens (including phenoxy) is 1. The first-order valence-electron chi connectivity index (χ1n) is 8.60. The van der Waals surface area contributed by atoms with Crippen LogP contribution in [0.1, 0.15) is 49.7 Å². The fraction of sp³-hybridized carbons (Fsp3) is 0.474. The number of benzene rings is 1. The highest BCUT2D eigenvalue weighted by molar-refractivity contribution is 5.92. The Labute approximate surface area is 141 Å². The lowest BCUT2D eigenvalue weighted by Crippen LogP contribution is -2.23. The van der Waals surface area contributed by atoms with Crippen molar-refractivity contribution in [1.29, 1.82) is 0 Å². The summed E-state index contributed by atoms with van der Waals surface area (Å²) in [6.07, 6.45) is 5.23. The van der Waals surface area contributed by atoms with E-state index in [9.17, 15) is 9.59 Å². The van der Waals surface area contributed by atoms with Crippen LogP contribution in [0.3, 0.4) is 0 Å². The van der Waals surface area contributed by atoms with E-state index >= 15 is 0 Å². The molecule has 0 bridgehead atoms. The van der Waals surface area contributed by atoms with Crippen LogP contribution in [-0.2, 0) is 9.53 Å². The summed E-state index contributed by atoms with van der Waals surface area (Å²) in [5.74, 6) is 0.252. The van der Waals surface area contributed by atoms with Gasteiger partial charge in [-0.1, -0.05) is 6.07 Å². The molecular weight excluding hydrogens is 304 g/mol. The number of nitrogens with two attached hydrogens (primary N) is 1. The summed E-state index contributed by atoms with van der Waals surface area (Å²) in [7, 11) is 0. The highest BCUT2D eigenvalue weighted by atomic mass is 16.5. The van der Waals surface area contributed by atoms with Crippen molar-refractivity contribution in [3.05, 3.63) is 39.7 Å². The topological polar surface area (TPSA) is 85.2 Å². The Morgan fingerprint density at radius 3 is 2.67 bits per heavy atom. The molecule has 1 heterocycles. The van der Waals surface area contributed by atoms with Crippen molar-refractivity contribution < 1.29 is 9.53 Å². The number of nitrogen functional groups attached to an aromatic ring is 1. The van der Waals surface area contributed by atoms with Crippen LogP contribution in [0.15, 0.2) is 23.1 Å². The number of carbonyl (C=O) groups excluding carboxylic acids is 1. The van der Waals surface area contributed by atoms with Gasteiger partial charge in [-0.2, -0.15) is 0 Å². The van der Waals surface area contributed by atoms with Gasteiger partial charge in [0.15, 0.2) is 5.43 Å². The molecule has 0 radical (unpaired) electrons. The van der Waals surface area contributed by atoms with Gasteiger partial charge in [-0.15, -0.1) is 0 Å². The average Bonchev–Trinajstić information content (AvgIpc) is 2.59. The molecule has 5 nitrogen and oxygen atoms in total. The van der Waals surface area contributed by atoms with E-state index in [-0.39, 0.29) is 17.3 Å². The highest BCUT2D eigenvalue weighted by Gasteiger charge is 2.29. The Kier molecular flexibility index (Phi) is 4.60. The molecular formula is C19H24N2O3. The van der Waals surface area contributed by atoms with E-state index < -0.39 is 0 Å². The van der Waals surface area contributed by atoms with E-state index in [0.717, 1.165) is 36.8 Å². The van der Waals surface area contributed by atoms with Crippen molar-refractivity contribution >= 4 is 22.6 Å². The Morgan fingerprint density at radius 1 is 1.29 bits per heavy atom. The summed E-state index contributed by atoms with van der Waals surface area (Å²) in [6, 6.07) is 3.84. The van der Waals surface area contributed by atoms with Crippen molar-refractivity contribution in [2.45, 2.75) is 45.4 Å². The molecule has 3 N–H and O–H groups in total. The lowest BCUT2D eigenvalue weighted by atomic mass is 9.78. The summed E-state index contributed by atoms with van der Waals surface area (Å²) >= 11 is 0. The molecule has 0 saturated heterocycles. The van der Waals surface area contributed by atoms with Crippen molar-refractivity contribution in [2.24, 2.45) is 5.92 Å². The predicted molar refractivity (Wildman–Crippen MR) is 95.1 cm³/mol. The van der Waals surface area contributed by atoms with Gasteiger partial charge in [-0.05, 0) is 57.1 Å². The van der Waals surface area contributed by atoms with E-state index in [1.807, 2.05) is 19.1 Å². The fourth-order valence-corrected chi connectivity index (χ4v) is 3.72. The number of aromatic nitrogens is 1. The van der Waals surface area contributed by atoms with E-state index in [2.05, 4.69) is 4.98 Å². The Balaban J connectivity index is 1.89. The molecule has 0 spiro atoms. The molecule has 24 heavy (non-hydrogen) atoms. The van der Waals surface area contributed by atoms with E-state index in [4.69, 9.17) is 10.5 Å². The van der Waals surface area contributed by atoms with Crippen LogP contribution in [0, 0.1) is 12.8 Å². The third-order valence-electron chi connectivity index (χ3n) is 5.07. The molecule has 1 fully saturated rings. The quantitative estimate of drug-likeness (QED) is 0.669. The molecule has 1 aromatic heterocycles. The van der Waals surface area contributed by atoms with Gasteiger partial charge >= 0.3 is 5.97 Å². The van der Waals surface area contributed by atoms with Gasteiger partial charge in [-0.3, -0.25) is 9.59 Å². The third-order valence-corrected chi connectivity index (χ3v) is 5.07. The van der Waals surface area contributed by atoms with Gasteiger partial charge in [0.2, 0.25) is 0 Å². The maximum absolute atomic E-state index is 12.4. The molecule has 0 amide bonds. The van der Waals surface area contributed by atoms with Crippen LogP contribution in [-0.4, -0.2) is 17.6 Å². The predicted octanol–water partition coefficient (Wildman–Crippen LogP) is 3.26. The first-order valence-corrected chi connectivity index (χ1v) is 8.60. The number of aryl methyl sites for hydroxylation is 1. The summed E-state index contributed by atoms with van der Waals surface area (Å²) < 4.78 is 5.13. The van der Waals surface area contributed by atoms with Crippen LogP contribution >= 0.6 is 0 Å². The molecule has 3 rings (SSSR count). The van der Waals surface area contributed by atoms with Crippen molar-refractivity contribution in [3.63, 3.8) is 0 Å². The van der Waals surface area contributed by atoms with Crippen LogP contribution < -0.4 is 11.2 Å². The summed E-state index contributed by atoms with van der Waals surface area (Å²) in [5, 5.41) is 0.583. The van der Waals surface area contributed by atoms with Gasteiger partial charge in [-0.25, -0.2) is 0 Å². The minimum atomic E-state index is -0.0813. The zero-order chi connectivity index (χ0) is 17.3. The molecule has 0 atom stereocenters. The highest BCUT2D eigenvalue weighted by Crippen LogP contribution is 2.39. The minimum Gasteiger partial charge on any atom is -0.466 e. The second-order valence-corrected chi connectivity index (χ2v) is 6.60. The van der Waals surface area contributed by atoms with E-state index in [1.165, 1.54) is 0 Å². The zero-order valence-electron chi connectivity index (χ0n) is 14.2. The number of rotatable bonds is 3. The van der Waals surface area contributed by atoms with Gasteiger partial charge in [0.1, 0.15) is 0 Å². The molecule has 0 unspecified atom stereocenters. The number of nitrogens with one attached hydrogen (secondary N) is 1. The van der Waals surface area contributed by atoms with Crippen LogP contribution in [0.5, 0.6) is 0 Å². The monoisotopic (exact) mass is 328 g/mol. The molecule has 1 aliphatic carbocycles. The maximum Gasteiger partial charge on any atom is 0.308 e. The zero-order valence-corrected chi connectivity index (χ0v) is 14.2. The van der Waals surface area contributed by atoms with Crippen molar-refractivity contribution in [2.75, 3.05) is 12.3 Å². The molecule has 5 heteroatoms. The maximum atomic E-state index is 12.4. The first-order chi connectivity index (χ1) is 11.5. The smallest absolute Gasteiger partial charge is 0.308 e. The number of hydrogen-bond donors (Lipinski definition) is 2. The molecule has 1 aromatic carbocycles. The second-order valence-electron chi connectivity index (χ2n) is 6.60. The standard InChI is InChI=1S/C19H24N2O3/c1-3-24-19(23)13-6-4-12(5-7-13)14-8-9-15(20)16-17(14)21-10-11(2)18(16)22/h8-10,12-13H,3-7,20H2,1-2H3,(H,21,22)/t12-,13-. The second kappa shape index (κ2) is 6.67. The number of anilines is 1. The number of esters is 1. The average molecular weight is 328 g/mol. The SMILES string of the molecule is CCOC(=O)[C@H]1CC[C@H](c2ccc(N)c3c(=O)c(C)c[nH]c32)CC1. The van der Waals surface area contributed by atoms with Gasteiger partial charge in [0, 0.05) is 17.4 Å². The number of carbonyl (C=O) groups is 1. The summed E-state index contributed by atoms with van der Waals surface area (Å²) in [5.41, 5.74) is 9.17.